The molecule has 0 aliphatic carbocycles. The molecule has 0 atom stereocenters. The summed E-state index contributed by atoms with van der Waals surface area (Å²) < 4.78 is 17.0. The summed E-state index contributed by atoms with van der Waals surface area (Å²) in [6, 6.07) is 28.3. The predicted molar refractivity (Wildman–Crippen MR) is 275 cm³/mol. The lowest BCUT2D eigenvalue weighted by molar-refractivity contribution is 0.304. The van der Waals surface area contributed by atoms with Crippen molar-refractivity contribution in [2.75, 3.05) is 19.8 Å². The summed E-state index contributed by atoms with van der Waals surface area (Å²) in [5.74, 6) is 2.59. The number of nitriles is 3. The van der Waals surface area contributed by atoms with Crippen LogP contribution in [-0.2, 0) is 0 Å². The molecule has 6 heteroatoms. The highest BCUT2D eigenvalue weighted by molar-refractivity contribution is 5.36. The van der Waals surface area contributed by atoms with E-state index in [1.165, 1.54) is 186 Å². The Balaban J connectivity index is 0.000000501. The number of unbranched alkanes of at least 4 members (excludes halogenated alkanes) is 29. The first-order chi connectivity index (χ1) is 32.1. The van der Waals surface area contributed by atoms with Crippen LogP contribution in [0.15, 0.2) is 72.8 Å². The van der Waals surface area contributed by atoms with E-state index in [1.807, 2.05) is 48.5 Å². The van der Waals surface area contributed by atoms with Gasteiger partial charge in [0.1, 0.15) is 17.2 Å². The van der Waals surface area contributed by atoms with Gasteiger partial charge in [-0.3, -0.25) is 0 Å². The summed E-state index contributed by atoms with van der Waals surface area (Å²) in [7, 11) is 0. The standard InChI is InChI=1S/C25H41NO.C19H29NO.C15H21NO/c1-2-3-4-5-6-7-8-9-10-11-12-13-14-15-16-17-22-27-25-20-18-24(23-26)19-21-25;1-2-3-4-5-6-7-8-9-10-11-16-21-19-14-12-18(17-20)13-15-19;1-2-3-4-5-6-7-12-17-15-10-8-14(13-16)9-11-15/h18-21H,2-17,22H2,1H3;12-15H,2-11,16H2,1H3;8-11H,2-7,12H2,1H3. The minimum absolute atomic E-state index is 0.678. The van der Waals surface area contributed by atoms with Crippen LogP contribution in [0.1, 0.15) is 243 Å². The van der Waals surface area contributed by atoms with E-state index >= 15 is 0 Å². The topological polar surface area (TPSA) is 99.1 Å². The fourth-order valence-corrected chi connectivity index (χ4v) is 7.57. The first-order valence-corrected chi connectivity index (χ1v) is 26.5. The van der Waals surface area contributed by atoms with Gasteiger partial charge in [0.15, 0.2) is 0 Å². The quantitative estimate of drug-likeness (QED) is 0.0531. The maximum absolute atomic E-state index is 8.77. The van der Waals surface area contributed by atoms with Gasteiger partial charge in [0.2, 0.25) is 0 Å². The second-order valence-corrected chi connectivity index (χ2v) is 17.7. The summed E-state index contributed by atoms with van der Waals surface area (Å²) in [5.41, 5.74) is 2.04. The molecule has 0 radical (unpaired) electrons. The third-order valence-corrected chi connectivity index (χ3v) is 11.8. The van der Waals surface area contributed by atoms with E-state index in [1.54, 1.807) is 24.3 Å². The zero-order valence-electron chi connectivity index (χ0n) is 41.7. The maximum atomic E-state index is 8.77. The average Bonchev–Trinajstić information content (AvgIpc) is 3.35. The van der Waals surface area contributed by atoms with E-state index in [0.29, 0.717) is 16.7 Å². The van der Waals surface area contributed by atoms with Crippen molar-refractivity contribution in [3.63, 3.8) is 0 Å². The monoisotopic (exact) mass is 890 g/mol. The fourth-order valence-electron chi connectivity index (χ4n) is 7.57. The van der Waals surface area contributed by atoms with Gasteiger partial charge in [0.25, 0.3) is 0 Å². The van der Waals surface area contributed by atoms with E-state index in [2.05, 4.69) is 39.0 Å². The second kappa shape index (κ2) is 46.1. The van der Waals surface area contributed by atoms with Gasteiger partial charge in [-0.15, -0.1) is 0 Å². The SMILES string of the molecule is CCCCCCCCCCCCCCCCCCOc1ccc(C#N)cc1.CCCCCCCCCCCCOc1ccc(C#N)cc1.CCCCCCCCOc1ccc(C#N)cc1. The largest absolute Gasteiger partial charge is 0.494 e. The van der Waals surface area contributed by atoms with Crippen molar-refractivity contribution in [3.05, 3.63) is 89.5 Å². The molecule has 0 bridgehead atoms. The van der Waals surface area contributed by atoms with Crippen LogP contribution in [-0.4, -0.2) is 19.8 Å². The van der Waals surface area contributed by atoms with Crippen molar-refractivity contribution in [2.45, 2.75) is 226 Å². The fraction of sp³-hybridized carbons (Fsp3) is 0.644. The Bertz CT molecular complexity index is 1580. The zero-order chi connectivity index (χ0) is 46.9. The summed E-state index contributed by atoms with van der Waals surface area (Å²) in [5, 5.41) is 26.1. The van der Waals surface area contributed by atoms with Gasteiger partial charge >= 0.3 is 0 Å². The van der Waals surface area contributed by atoms with Crippen molar-refractivity contribution >= 4 is 0 Å². The molecule has 0 fully saturated rings. The molecule has 0 saturated heterocycles. The third kappa shape index (κ3) is 37.5. The van der Waals surface area contributed by atoms with Crippen LogP contribution >= 0.6 is 0 Å². The van der Waals surface area contributed by atoms with E-state index in [9.17, 15) is 0 Å². The maximum Gasteiger partial charge on any atom is 0.119 e. The first kappa shape index (κ1) is 58.5. The van der Waals surface area contributed by atoms with Crippen molar-refractivity contribution in [1.29, 1.82) is 15.8 Å². The lowest BCUT2D eigenvalue weighted by Gasteiger charge is -2.06. The molecule has 65 heavy (non-hydrogen) atoms. The second-order valence-electron chi connectivity index (χ2n) is 17.7. The highest BCUT2D eigenvalue weighted by atomic mass is 16.5. The van der Waals surface area contributed by atoms with Crippen LogP contribution in [0.4, 0.5) is 0 Å². The Morgan fingerprint density at radius 3 is 0.600 bits per heavy atom. The summed E-state index contributed by atoms with van der Waals surface area (Å²) >= 11 is 0. The molecule has 0 aliphatic rings. The molecule has 0 amide bonds. The molecule has 0 saturated carbocycles. The van der Waals surface area contributed by atoms with Crippen LogP contribution < -0.4 is 14.2 Å². The molecular formula is C59H91N3O3. The molecule has 6 nitrogen and oxygen atoms in total. The zero-order valence-corrected chi connectivity index (χ0v) is 41.7. The Morgan fingerprint density at radius 1 is 0.262 bits per heavy atom. The van der Waals surface area contributed by atoms with E-state index in [0.717, 1.165) is 56.3 Å². The first-order valence-electron chi connectivity index (χ1n) is 26.5. The molecule has 3 aromatic rings. The van der Waals surface area contributed by atoms with Crippen molar-refractivity contribution in [1.82, 2.24) is 0 Å². The average molecular weight is 890 g/mol. The minimum Gasteiger partial charge on any atom is -0.494 e. The lowest BCUT2D eigenvalue weighted by Crippen LogP contribution is -1.97. The van der Waals surface area contributed by atoms with E-state index in [4.69, 9.17) is 30.0 Å². The molecular weight excluding hydrogens is 799 g/mol. The number of hydrogen-bond donors (Lipinski definition) is 0. The highest BCUT2D eigenvalue weighted by Gasteiger charge is 1.99. The number of ether oxygens (including phenoxy) is 3. The number of nitrogens with zero attached hydrogens (tertiary/aromatic N) is 3. The van der Waals surface area contributed by atoms with Gasteiger partial charge in [-0.05, 0) is 92.1 Å². The van der Waals surface area contributed by atoms with Gasteiger partial charge in [-0.2, -0.15) is 15.8 Å². The van der Waals surface area contributed by atoms with Crippen LogP contribution in [0, 0.1) is 34.0 Å². The van der Waals surface area contributed by atoms with Crippen LogP contribution in [0.2, 0.25) is 0 Å². The number of hydrogen-bond acceptors (Lipinski definition) is 6. The van der Waals surface area contributed by atoms with Crippen LogP contribution in [0.3, 0.4) is 0 Å². The Hall–Kier alpha value is -4.47. The van der Waals surface area contributed by atoms with E-state index in [-0.39, 0.29) is 0 Å². The number of benzene rings is 3. The molecule has 0 spiro atoms. The van der Waals surface area contributed by atoms with Crippen molar-refractivity contribution < 1.29 is 14.2 Å². The minimum atomic E-state index is 0.678. The normalized spacial score (nSPS) is 10.3. The van der Waals surface area contributed by atoms with Gasteiger partial charge in [0, 0.05) is 0 Å². The molecule has 0 aromatic heterocycles. The third-order valence-electron chi connectivity index (χ3n) is 11.8. The van der Waals surface area contributed by atoms with Crippen molar-refractivity contribution in [2.24, 2.45) is 0 Å². The van der Waals surface area contributed by atoms with Gasteiger partial charge in [-0.25, -0.2) is 0 Å². The molecule has 3 rings (SSSR count). The lowest BCUT2D eigenvalue weighted by atomic mass is 10.0. The highest BCUT2D eigenvalue weighted by Crippen LogP contribution is 2.17. The van der Waals surface area contributed by atoms with E-state index < -0.39 is 0 Å². The Kier molecular flexibility index (Phi) is 41.5. The van der Waals surface area contributed by atoms with Crippen LogP contribution in [0.25, 0.3) is 0 Å². The molecule has 0 aliphatic heterocycles. The molecule has 0 N–H and O–H groups in total. The summed E-state index contributed by atoms with van der Waals surface area (Å²) in [6.07, 6.45) is 43.3. The molecule has 0 unspecified atom stereocenters. The molecule has 3 aromatic carbocycles. The number of rotatable bonds is 38. The summed E-state index contributed by atoms with van der Waals surface area (Å²) in [6.45, 7) is 9.12. The smallest absolute Gasteiger partial charge is 0.119 e. The molecule has 360 valence electrons. The Labute approximate surface area is 399 Å². The van der Waals surface area contributed by atoms with Gasteiger partial charge in [0.05, 0.1) is 54.7 Å². The Morgan fingerprint density at radius 2 is 0.431 bits per heavy atom. The van der Waals surface area contributed by atoms with Crippen LogP contribution in [0.5, 0.6) is 17.2 Å². The molecule has 0 heterocycles. The van der Waals surface area contributed by atoms with Gasteiger partial charge in [-0.1, -0.05) is 207 Å². The summed E-state index contributed by atoms with van der Waals surface area (Å²) in [4.78, 5) is 0. The van der Waals surface area contributed by atoms with Crippen molar-refractivity contribution in [3.8, 4) is 35.5 Å². The predicted octanol–water partition coefficient (Wildman–Crippen LogP) is 18.4. The van der Waals surface area contributed by atoms with Gasteiger partial charge < -0.3 is 14.2 Å².